The van der Waals surface area contributed by atoms with E-state index in [2.05, 4.69) is 0 Å². The minimum Gasteiger partial charge on any atom is -0.506 e. The van der Waals surface area contributed by atoms with Crippen LogP contribution in [0.25, 0.3) is 0 Å². The molecule has 3 N–H and O–H groups in total. The van der Waals surface area contributed by atoms with Crippen molar-refractivity contribution in [2.45, 2.75) is 12.2 Å². The van der Waals surface area contributed by atoms with Crippen LogP contribution in [0.2, 0.25) is 10.0 Å². The molecule has 0 aliphatic heterocycles. The molecule has 0 aliphatic carbocycles. The third-order valence-electron chi connectivity index (χ3n) is 1.75. The maximum absolute atomic E-state index is 12.3. The van der Waals surface area contributed by atoms with E-state index in [1.165, 1.54) is 0 Å². The fourth-order valence-electron chi connectivity index (χ4n) is 0.999. The highest BCUT2D eigenvalue weighted by molar-refractivity contribution is 6.35. The van der Waals surface area contributed by atoms with Crippen LogP contribution in [-0.2, 0) is 0 Å². The molecule has 0 fully saturated rings. The molecule has 2 nitrogen and oxygen atoms in total. The van der Waals surface area contributed by atoms with Gasteiger partial charge >= 0.3 is 6.18 Å². The van der Waals surface area contributed by atoms with Crippen molar-refractivity contribution in [1.29, 1.82) is 0 Å². The first-order chi connectivity index (χ1) is 6.73. The summed E-state index contributed by atoms with van der Waals surface area (Å²) in [7, 11) is 0. The van der Waals surface area contributed by atoms with Crippen molar-refractivity contribution in [3.05, 3.63) is 27.7 Å². The molecule has 0 saturated heterocycles. The minimum atomic E-state index is -4.66. The van der Waals surface area contributed by atoms with Gasteiger partial charge in [0.25, 0.3) is 0 Å². The lowest BCUT2D eigenvalue weighted by Gasteiger charge is -2.17. The molecule has 1 aromatic carbocycles. The zero-order valence-electron chi connectivity index (χ0n) is 7.15. The van der Waals surface area contributed by atoms with Crippen molar-refractivity contribution in [3.8, 4) is 5.75 Å². The number of benzene rings is 1. The third-order valence-corrected chi connectivity index (χ3v) is 2.25. The Morgan fingerprint density at radius 1 is 1.27 bits per heavy atom. The van der Waals surface area contributed by atoms with Crippen LogP contribution >= 0.6 is 23.2 Å². The molecule has 0 bridgehead atoms. The summed E-state index contributed by atoms with van der Waals surface area (Å²) in [6.45, 7) is 0. The molecule has 1 aromatic rings. The van der Waals surface area contributed by atoms with Gasteiger partial charge in [-0.2, -0.15) is 13.2 Å². The summed E-state index contributed by atoms with van der Waals surface area (Å²) in [5, 5.41) is 9.00. The molecular weight excluding hydrogens is 254 g/mol. The van der Waals surface area contributed by atoms with E-state index in [9.17, 15) is 18.3 Å². The van der Waals surface area contributed by atoms with Gasteiger partial charge < -0.3 is 10.8 Å². The second-order valence-corrected chi connectivity index (χ2v) is 3.69. The standard InChI is InChI=1S/C8H6Cl2F3NO/c9-3-1-4(6(15)5(10)2-3)7(14)8(11,12)13/h1-2,7,15H,14H2/t7-/m0/s1. The molecule has 0 spiro atoms. The summed E-state index contributed by atoms with van der Waals surface area (Å²) in [6, 6.07) is -0.250. The van der Waals surface area contributed by atoms with Crippen molar-refractivity contribution < 1.29 is 18.3 Å². The van der Waals surface area contributed by atoms with Crippen molar-refractivity contribution in [2.24, 2.45) is 5.73 Å². The maximum Gasteiger partial charge on any atom is 0.407 e. The summed E-state index contributed by atoms with van der Waals surface area (Å²) < 4.78 is 36.8. The maximum atomic E-state index is 12.3. The number of phenols is 1. The van der Waals surface area contributed by atoms with E-state index in [-0.39, 0.29) is 10.0 Å². The lowest BCUT2D eigenvalue weighted by Crippen LogP contribution is -2.28. The summed E-state index contributed by atoms with van der Waals surface area (Å²) in [4.78, 5) is 0. The minimum absolute atomic E-state index is 0.0208. The van der Waals surface area contributed by atoms with E-state index in [1.54, 1.807) is 0 Å². The lowest BCUT2D eigenvalue weighted by molar-refractivity contribution is -0.149. The highest BCUT2D eigenvalue weighted by Gasteiger charge is 2.39. The molecule has 0 unspecified atom stereocenters. The predicted molar refractivity (Wildman–Crippen MR) is 51.1 cm³/mol. The SMILES string of the molecule is N[C@@H](c1cc(Cl)cc(Cl)c1O)C(F)(F)F. The molecule has 0 amide bonds. The Labute approximate surface area is 93.4 Å². The van der Waals surface area contributed by atoms with E-state index in [0.717, 1.165) is 12.1 Å². The second kappa shape index (κ2) is 4.08. The molecule has 0 heterocycles. The van der Waals surface area contributed by atoms with Crippen LogP contribution in [-0.4, -0.2) is 11.3 Å². The van der Waals surface area contributed by atoms with Crippen LogP contribution in [0.3, 0.4) is 0 Å². The van der Waals surface area contributed by atoms with Gasteiger partial charge in [0.05, 0.1) is 5.02 Å². The van der Waals surface area contributed by atoms with Crippen molar-refractivity contribution in [1.82, 2.24) is 0 Å². The number of aromatic hydroxyl groups is 1. The van der Waals surface area contributed by atoms with Crippen LogP contribution < -0.4 is 5.73 Å². The monoisotopic (exact) mass is 259 g/mol. The molecule has 0 aromatic heterocycles. The van der Waals surface area contributed by atoms with Crippen LogP contribution in [0.5, 0.6) is 5.75 Å². The zero-order chi connectivity index (χ0) is 11.8. The van der Waals surface area contributed by atoms with Crippen LogP contribution in [0, 0.1) is 0 Å². The van der Waals surface area contributed by atoms with Gasteiger partial charge in [0.15, 0.2) is 0 Å². The Morgan fingerprint density at radius 3 is 2.27 bits per heavy atom. The molecule has 1 rings (SSSR count). The number of nitrogens with two attached hydrogens (primary N) is 1. The van der Waals surface area contributed by atoms with Gasteiger partial charge in [-0.05, 0) is 12.1 Å². The summed E-state index contributed by atoms with van der Waals surface area (Å²) in [6.07, 6.45) is -4.66. The second-order valence-electron chi connectivity index (χ2n) is 2.84. The number of hydrogen-bond acceptors (Lipinski definition) is 2. The van der Waals surface area contributed by atoms with Gasteiger partial charge in [-0.25, -0.2) is 0 Å². The predicted octanol–water partition coefficient (Wildman–Crippen LogP) is 3.26. The highest BCUT2D eigenvalue weighted by atomic mass is 35.5. The van der Waals surface area contributed by atoms with Gasteiger partial charge in [-0.1, -0.05) is 23.2 Å². The van der Waals surface area contributed by atoms with E-state index < -0.39 is 23.5 Å². The van der Waals surface area contributed by atoms with Gasteiger partial charge in [0.2, 0.25) is 0 Å². The number of halogens is 5. The van der Waals surface area contributed by atoms with Crippen LogP contribution in [0.4, 0.5) is 13.2 Å². The molecule has 0 radical (unpaired) electrons. The average Bonchev–Trinajstić information content (AvgIpc) is 2.08. The number of alkyl halides is 3. The Balaban J connectivity index is 3.25. The highest BCUT2D eigenvalue weighted by Crippen LogP contribution is 2.39. The topological polar surface area (TPSA) is 46.2 Å². The molecular formula is C8H6Cl2F3NO. The number of hydrogen-bond donors (Lipinski definition) is 2. The van der Waals surface area contributed by atoms with Crippen LogP contribution in [0.15, 0.2) is 12.1 Å². The van der Waals surface area contributed by atoms with Crippen molar-refractivity contribution >= 4 is 23.2 Å². The first-order valence-corrected chi connectivity index (χ1v) is 4.49. The lowest BCUT2D eigenvalue weighted by atomic mass is 10.1. The summed E-state index contributed by atoms with van der Waals surface area (Å²) in [5.74, 6) is -0.703. The smallest absolute Gasteiger partial charge is 0.407 e. The first kappa shape index (κ1) is 12.4. The zero-order valence-corrected chi connectivity index (χ0v) is 8.66. The molecule has 1 atom stereocenters. The molecule has 0 aliphatic rings. The normalized spacial score (nSPS) is 14.0. The van der Waals surface area contributed by atoms with Gasteiger partial charge in [0.1, 0.15) is 11.8 Å². The number of rotatable bonds is 1. The van der Waals surface area contributed by atoms with E-state index in [4.69, 9.17) is 28.9 Å². The van der Waals surface area contributed by atoms with E-state index >= 15 is 0 Å². The van der Waals surface area contributed by atoms with E-state index in [0.29, 0.717) is 0 Å². The third kappa shape index (κ3) is 2.68. The molecule has 7 heteroatoms. The molecule has 84 valence electrons. The average molecular weight is 260 g/mol. The molecule has 15 heavy (non-hydrogen) atoms. The fraction of sp³-hybridized carbons (Fsp3) is 0.250. The summed E-state index contributed by atoms with van der Waals surface area (Å²) >= 11 is 11.0. The van der Waals surface area contributed by atoms with Gasteiger partial charge in [0, 0.05) is 10.6 Å². The number of phenolic OH excluding ortho intramolecular Hbond substituents is 1. The Morgan fingerprint density at radius 2 is 1.80 bits per heavy atom. The Bertz CT molecular complexity index is 381. The molecule has 0 saturated carbocycles. The fourth-order valence-corrected chi connectivity index (χ4v) is 1.51. The Kier molecular flexibility index (Phi) is 3.38. The summed E-state index contributed by atoms with van der Waals surface area (Å²) in [5.41, 5.74) is 4.37. The van der Waals surface area contributed by atoms with Gasteiger partial charge in [-0.3, -0.25) is 0 Å². The van der Waals surface area contributed by atoms with Crippen molar-refractivity contribution in [2.75, 3.05) is 0 Å². The Hall–Kier alpha value is -0.650. The van der Waals surface area contributed by atoms with Gasteiger partial charge in [-0.15, -0.1) is 0 Å². The quantitative estimate of drug-likeness (QED) is 0.813. The first-order valence-electron chi connectivity index (χ1n) is 3.73. The van der Waals surface area contributed by atoms with E-state index in [1.807, 2.05) is 0 Å². The van der Waals surface area contributed by atoms with Crippen LogP contribution in [0.1, 0.15) is 11.6 Å². The van der Waals surface area contributed by atoms with Crippen molar-refractivity contribution in [3.63, 3.8) is 0 Å². The largest absolute Gasteiger partial charge is 0.506 e.